The van der Waals surface area contributed by atoms with Crippen molar-refractivity contribution in [3.8, 4) is 11.4 Å². The van der Waals surface area contributed by atoms with Crippen molar-refractivity contribution in [2.24, 2.45) is 0 Å². The number of hydrogen-bond donors (Lipinski definition) is 0. The van der Waals surface area contributed by atoms with Crippen molar-refractivity contribution >= 4 is 23.2 Å². The summed E-state index contributed by atoms with van der Waals surface area (Å²) in [4.78, 5) is 14.1. The molecule has 0 fully saturated rings. The van der Waals surface area contributed by atoms with Gasteiger partial charge in [0, 0.05) is 0 Å². The summed E-state index contributed by atoms with van der Waals surface area (Å²) in [6.07, 6.45) is 0. The second-order valence-electron chi connectivity index (χ2n) is 9.72. The molecular formula is C27H34Cl2N2O. The van der Waals surface area contributed by atoms with Gasteiger partial charge < -0.3 is 0 Å². The van der Waals surface area contributed by atoms with Crippen LogP contribution < -0.4 is 5.69 Å². The van der Waals surface area contributed by atoms with E-state index < -0.39 is 0 Å². The third-order valence-corrected chi connectivity index (χ3v) is 6.87. The fourth-order valence-corrected chi connectivity index (χ4v) is 4.86. The highest BCUT2D eigenvalue weighted by molar-refractivity contribution is 6.41. The zero-order valence-electron chi connectivity index (χ0n) is 20.3. The Kier molecular flexibility index (Phi) is 7.31. The van der Waals surface area contributed by atoms with E-state index in [4.69, 9.17) is 23.2 Å². The predicted octanol–water partition coefficient (Wildman–Crippen LogP) is 8.43. The van der Waals surface area contributed by atoms with Gasteiger partial charge in [-0.15, -0.1) is 0 Å². The molecule has 1 aromatic heterocycles. The average Bonchev–Trinajstić information content (AvgIpc) is 2.94. The summed E-state index contributed by atoms with van der Waals surface area (Å²) in [5, 5.41) is 0.500. The molecule has 0 aliphatic rings. The molecule has 3 aromatic rings. The van der Waals surface area contributed by atoms with E-state index in [2.05, 4.69) is 91.8 Å². The molecule has 0 aliphatic carbocycles. The lowest BCUT2D eigenvalue weighted by Crippen LogP contribution is -2.26. The minimum Gasteiger partial charge on any atom is -0.248 e. The first kappa shape index (κ1) is 24.7. The van der Waals surface area contributed by atoms with Gasteiger partial charge in [-0.2, -0.15) is 0 Å². The number of rotatable bonds is 6. The van der Waals surface area contributed by atoms with E-state index in [0.29, 0.717) is 0 Å². The first-order chi connectivity index (χ1) is 15.0. The molecule has 0 saturated heterocycles. The van der Waals surface area contributed by atoms with Gasteiger partial charge >= 0.3 is 5.69 Å². The zero-order valence-corrected chi connectivity index (χ0v) is 21.8. The number of halogens is 2. The van der Waals surface area contributed by atoms with Gasteiger partial charge in [-0.1, -0.05) is 115 Å². The molecule has 172 valence electrons. The largest absolute Gasteiger partial charge is 0.339 e. The van der Waals surface area contributed by atoms with Gasteiger partial charge in [0.2, 0.25) is 0 Å². The molecule has 3 nitrogen and oxygen atoms in total. The number of aromatic nitrogens is 2. The zero-order chi connectivity index (χ0) is 23.9. The minimum atomic E-state index is -0.231. The van der Waals surface area contributed by atoms with E-state index in [1.165, 1.54) is 0 Å². The average molecular weight is 473 g/mol. The summed E-state index contributed by atoms with van der Waals surface area (Å²) in [5.41, 5.74) is 5.78. The maximum absolute atomic E-state index is 14.1. The summed E-state index contributed by atoms with van der Waals surface area (Å²) >= 11 is 13.7. The van der Waals surface area contributed by atoms with Crippen LogP contribution in [-0.4, -0.2) is 9.13 Å². The summed E-state index contributed by atoms with van der Waals surface area (Å²) in [7, 11) is 0. The van der Waals surface area contributed by atoms with Crippen LogP contribution in [0.2, 0.25) is 10.3 Å². The Morgan fingerprint density at radius 2 is 0.812 bits per heavy atom. The Labute approximate surface area is 202 Å². The molecule has 0 spiro atoms. The number of benzene rings is 2. The van der Waals surface area contributed by atoms with Crippen molar-refractivity contribution < 1.29 is 0 Å². The summed E-state index contributed by atoms with van der Waals surface area (Å²) in [5.74, 6) is 0.900. The summed E-state index contributed by atoms with van der Waals surface area (Å²) in [6, 6.07) is 12.4. The second-order valence-corrected chi connectivity index (χ2v) is 10.4. The van der Waals surface area contributed by atoms with E-state index in [1.807, 2.05) is 0 Å². The molecule has 2 aromatic carbocycles. The Hall–Kier alpha value is -1.97. The molecule has 0 saturated carbocycles. The normalized spacial score (nSPS) is 12.1. The van der Waals surface area contributed by atoms with Crippen LogP contribution in [-0.2, 0) is 0 Å². The van der Waals surface area contributed by atoms with Crippen molar-refractivity contribution in [1.82, 2.24) is 9.13 Å². The maximum atomic E-state index is 14.1. The number of hydrogen-bond acceptors (Lipinski definition) is 1. The molecule has 0 aliphatic heterocycles. The second kappa shape index (κ2) is 9.49. The maximum Gasteiger partial charge on any atom is 0.339 e. The van der Waals surface area contributed by atoms with Crippen LogP contribution in [0.1, 0.15) is 101 Å². The molecule has 0 atom stereocenters. The van der Waals surface area contributed by atoms with Crippen LogP contribution in [0.5, 0.6) is 0 Å². The van der Waals surface area contributed by atoms with Gasteiger partial charge in [-0.25, -0.2) is 13.9 Å². The number of imidazole rings is 1. The van der Waals surface area contributed by atoms with Gasteiger partial charge in [0.1, 0.15) is 0 Å². The first-order valence-electron chi connectivity index (χ1n) is 11.4. The quantitative estimate of drug-likeness (QED) is 0.353. The fraction of sp³-hybridized carbons (Fsp3) is 0.444. The molecule has 3 rings (SSSR count). The van der Waals surface area contributed by atoms with Crippen LogP contribution in [0.3, 0.4) is 0 Å². The van der Waals surface area contributed by atoms with Crippen LogP contribution in [0.25, 0.3) is 11.4 Å². The van der Waals surface area contributed by atoms with E-state index in [-0.39, 0.29) is 39.7 Å². The molecule has 0 amide bonds. The Bertz CT molecular complexity index is 1040. The van der Waals surface area contributed by atoms with Crippen LogP contribution in [0, 0.1) is 0 Å². The topological polar surface area (TPSA) is 26.9 Å². The Balaban J connectivity index is 2.48. The smallest absolute Gasteiger partial charge is 0.248 e. The standard InChI is InChI=1S/C27H34Cl2N2O/c1-15(2)19-11-9-12-20(16(3)4)23(19)30-25(28)26(29)31(27(30)32)24-21(17(5)6)13-10-14-22(24)18(7)8/h9-18H,1-8H3. The van der Waals surface area contributed by atoms with E-state index >= 15 is 0 Å². The lowest BCUT2D eigenvalue weighted by atomic mass is 9.92. The van der Waals surface area contributed by atoms with Gasteiger partial charge in [0.15, 0.2) is 10.3 Å². The molecular weight excluding hydrogens is 439 g/mol. The van der Waals surface area contributed by atoms with Crippen LogP contribution in [0.15, 0.2) is 41.2 Å². The predicted molar refractivity (Wildman–Crippen MR) is 138 cm³/mol. The first-order valence-corrected chi connectivity index (χ1v) is 12.2. The van der Waals surface area contributed by atoms with Crippen molar-refractivity contribution in [1.29, 1.82) is 0 Å². The van der Waals surface area contributed by atoms with Crippen molar-refractivity contribution in [3.05, 3.63) is 79.4 Å². The highest BCUT2D eigenvalue weighted by Crippen LogP contribution is 2.37. The van der Waals surface area contributed by atoms with Gasteiger partial charge in [-0.3, -0.25) is 0 Å². The van der Waals surface area contributed by atoms with Gasteiger partial charge in [-0.05, 0) is 45.9 Å². The summed E-state index contributed by atoms with van der Waals surface area (Å²) in [6.45, 7) is 17.0. The summed E-state index contributed by atoms with van der Waals surface area (Å²) < 4.78 is 3.21. The molecule has 0 radical (unpaired) electrons. The van der Waals surface area contributed by atoms with Crippen LogP contribution >= 0.6 is 23.2 Å². The van der Waals surface area contributed by atoms with Crippen molar-refractivity contribution in [2.45, 2.75) is 79.1 Å². The molecule has 1 heterocycles. The van der Waals surface area contributed by atoms with Crippen LogP contribution in [0.4, 0.5) is 0 Å². The van der Waals surface area contributed by atoms with Crippen molar-refractivity contribution in [3.63, 3.8) is 0 Å². The highest BCUT2D eigenvalue weighted by Gasteiger charge is 2.27. The number of para-hydroxylation sites is 2. The molecule has 0 N–H and O–H groups in total. The molecule has 5 heteroatoms. The number of nitrogens with zero attached hydrogens (tertiary/aromatic N) is 2. The SMILES string of the molecule is CC(C)c1cccc(C(C)C)c1-n1c(Cl)c(Cl)n(-c2c(C(C)C)cccc2C(C)C)c1=O. The fourth-order valence-electron chi connectivity index (χ4n) is 4.38. The highest BCUT2D eigenvalue weighted by atomic mass is 35.5. The third kappa shape index (κ3) is 4.18. The lowest BCUT2D eigenvalue weighted by molar-refractivity contribution is 0.774. The minimum absolute atomic E-state index is 0.225. The van der Waals surface area contributed by atoms with E-state index in [0.717, 1.165) is 33.6 Å². The monoisotopic (exact) mass is 472 g/mol. The Morgan fingerprint density at radius 1 is 0.562 bits per heavy atom. The molecule has 0 bridgehead atoms. The van der Waals surface area contributed by atoms with E-state index in [1.54, 1.807) is 9.13 Å². The molecule has 0 unspecified atom stereocenters. The Morgan fingerprint density at radius 3 is 1.03 bits per heavy atom. The third-order valence-electron chi connectivity index (χ3n) is 6.08. The lowest BCUT2D eigenvalue weighted by Gasteiger charge is -2.21. The van der Waals surface area contributed by atoms with Crippen molar-refractivity contribution in [2.75, 3.05) is 0 Å². The van der Waals surface area contributed by atoms with Gasteiger partial charge in [0.05, 0.1) is 11.4 Å². The van der Waals surface area contributed by atoms with Gasteiger partial charge in [0.25, 0.3) is 0 Å². The van der Waals surface area contributed by atoms with E-state index in [9.17, 15) is 4.79 Å². The molecule has 32 heavy (non-hydrogen) atoms.